The molecule has 29 heavy (non-hydrogen) atoms. The van der Waals surface area contributed by atoms with Crippen molar-refractivity contribution in [1.82, 2.24) is 4.90 Å². The molecule has 2 aromatic carbocycles. The summed E-state index contributed by atoms with van der Waals surface area (Å²) in [6.07, 6.45) is 2.00. The first-order valence-corrected chi connectivity index (χ1v) is 9.20. The van der Waals surface area contributed by atoms with Crippen molar-refractivity contribution >= 4 is 23.9 Å². The Morgan fingerprint density at radius 2 is 1.76 bits per heavy atom. The molecular weight excluding hydrogens is 375 g/mol. The fourth-order valence-electron chi connectivity index (χ4n) is 3.27. The van der Waals surface area contributed by atoms with E-state index in [1.54, 1.807) is 48.5 Å². The second-order valence-corrected chi connectivity index (χ2v) is 6.84. The predicted molar refractivity (Wildman–Crippen MR) is 105 cm³/mol. The smallest absolute Gasteiger partial charge is 0.338 e. The number of rotatable bonds is 6. The maximum absolute atomic E-state index is 13.7. The first kappa shape index (κ1) is 20.3. The van der Waals surface area contributed by atoms with E-state index < -0.39 is 29.7 Å². The highest BCUT2D eigenvalue weighted by atomic mass is 19.1. The summed E-state index contributed by atoms with van der Waals surface area (Å²) in [5.74, 6) is -2.25. The van der Waals surface area contributed by atoms with E-state index in [1.807, 2.05) is 0 Å². The third kappa shape index (κ3) is 5.28. The van der Waals surface area contributed by atoms with Crippen LogP contribution >= 0.6 is 0 Å². The van der Waals surface area contributed by atoms with Crippen molar-refractivity contribution in [3.05, 3.63) is 77.6 Å². The lowest BCUT2D eigenvalue weighted by Gasteiger charge is -2.17. The largest absolute Gasteiger partial charge is 0.457 e. The van der Waals surface area contributed by atoms with Crippen LogP contribution in [-0.4, -0.2) is 41.9 Å². The summed E-state index contributed by atoms with van der Waals surface area (Å²) in [5.41, 5.74) is 5.99. The number of carbonyl (C=O) groups excluding carboxylic acids is 3. The number of primary amides is 1. The van der Waals surface area contributed by atoms with E-state index in [0.717, 1.165) is 0 Å². The van der Waals surface area contributed by atoms with Crippen molar-refractivity contribution < 1.29 is 23.5 Å². The molecule has 0 unspecified atom stereocenters. The molecule has 150 valence electrons. The average molecular weight is 396 g/mol. The minimum Gasteiger partial charge on any atom is -0.457 e. The van der Waals surface area contributed by atoms with Crippen LogP contribution in [0.2, 0.25) is 0 Å². The van der Waals surface area contributed by atoms with Gasteiger partial charge in [0.2, 0.25) is 11.8 Å². The molecule has 0 bridgehead atoms. The van der Waals surface area contributed by atoms with Crippen LogP contribution in [0.5, 0.6) is 0 Å². The van der Waals surface area contributed by atoms with Gasteiger partial charge in [-0.25, -0.2) is 9.18 Å². The molecular formula is C22H21FN2O4. The van der Waals surface area contributed by atoms with Gasteiger partial charge in [-0.05, 0) is 24.3 Å². The summed E-state index contributed by atoms with van der Waals surface area (Å²) in [6, 6.07) is 14.6. The standard InChI is InChI=1S/C22H21FN2O4/c23-18-9-5-4-6-15(18)10-11-21(27)25-13-17(12-20(24)26)19(14-25)29-22(28)16-7-2-1-3-8-16/h1-11,17,19H,12-14H2,(H2,24,26)/t17-,19+/m0/s1. The highest BCUT2D eigenvalue weighted by Gasteiger charge is 2.38. The Morgan fingerprint density at radius 3 is 2.45 bits per heavy atom. The zero-order chi connectivity index (χ0) is 20.8. The quantitative estimate of drug-likeness (QED) is 0.600. The second-order valence-electron chi connectivity index (χ2n) is 6.84. The number of esters is 1. The van der Waals surface area contributed by atoms with Crippen LogP contribution in [0.3, 0.4) is 0 Å². The lowest BCUT2D eigenvalue weighted by Crippen LogP contribution is -2.30. The van der Waals surface area contributed by atoms with Crippen LogP contribution in [0.4, 0.5) is 4.39 Å². The van der Waals surface area contributed by atoms with Gasteiger partial charge in [-0.3, -0.25) is 9.59 Å². The van der Waals surface area contributed by atoms with Gasteiger partial charge in [-0.1, -0.05) is 36.4 Å². The zero-order valence-corrected chi connectivity index (χ0v) is 15.7. The van der Waals surface area contributed by atoms with E-state index in [-0.39, 0.29) is 25.4 Å². The first-order valence-electron chi connectivity index (χ1n) is 9.20. The Balaban J connectivity index is 1.69. The number of ether oxygens (including phenoxy) is 1. The van der Waals surface area contributed by atoms with Crippen LogP contribution in [0.1, 0.15) is 22.3 Å². The number of hydrogen-bond donors (Lipinski definition) is 1. The Labute approximate surface area is 167 Å². The summed E-state index contributed by atoms with van der Waals surface area (Å²) in [4.78, 5) is 37.8. The molecule has 7 heteroatoms. The number of nitrogens with zero attached hydrogens (tertiary/aromatic N) is 1. The van der Waals surface area contributed by atoms with E-state index >= 15 is 0 Å². The van der Waals surface area contributed by atoms with E-state index in [2.05, 4.69) is 0 Å². The molecule has 1 heterocycles. The van der Waals surface area contributed by atoms with Crippen molar-refractivity contribution in [3.63, 3.8) is 0 Å². The molecule has 1 aliphatic heterocycles. The first-order chi connectivity index (χ1) is 13.9. The molecule has 1 fully saturated rings. The molecule has 2 amide bonds. The summed E-state index contributed by atoms with van der Waals surface area (Å²) < 4.78 is 19.3. The summed E-state index contributed by atoms with van der Waals surface area (Å²) in [6.45, 7) is 0.354. The van der Waals surface area contributed by atoms with Gasteiger partial charge in [0.25, 0.3) is 0 Å². The van der Waals surface area contributed by atoms with E-state index in [0.29, 0.717) is 11.1 Å². The van der Waals surface area contributed by atoms with Gasteiger partial charge < -0.3 is 15.4 Å². The summed E-state index contributed by atoms with van der Waals surface area (Å²) >= 11 is 0. The highest BCUT2D eigenvalue weighted by Crippen LogP contribution is 2.24. The van der Waals surface area contributed by atoms with Gasteiger partial charge in [-0.2, -0.15) is 0 Å². The Hall–Kier alpha value is -3.48. The van der Waals surface area contributed by atoms with Crippen LogP contribution in [-0.2, 0) is 14.3 Å². The zero-order valence-electron chi connectivity index (χ0n) is 15.7. The lowest BCUT2D eigenvalue weighted by molar-refractivity contribution is -0.125. The van der Waals surface area contributed by atoms with Crippen molar-refractivity contribution in [2.75, 3.05) is 13.1 Å². The SMILES string of the molecule is NC(=O)C[C@H]1CN(C(=O)C=Cc2ccccc2F)C[C@H]1OC(=O)c1ccccc1. The minimum absolute atomic E-state index is 0.00640. The second kappa shape index (κ2) is 9.14. The molecule has 0 saturated carbocycles. The van der Waals surface area contributed by atoms with Gasteiger partial charge in [0.15, 0.2) is 0 Å². The Morgan fingerprint density at radius 1 is 1.07 bits per heavy atom. The van der Waals surface area contributed by atoms with Gasteiger partial charge in [0.05, 0.1) is 12.1 Å². The van der Waals surface area contributed by atoms with Crippen molar-refractivity contribution in [3.8, 4) is 0 Å². The molecule has 2 N–H and O–H groups in total. The lowest BCUT2D eigenvalue weighted by atomic mass is 10.0. The average Bonchev–Trinajstić information content (AvgIpc) is 3.09. The van der Waals surface area contributed by atoms with E-state index in [9.17, 15) is 18.8 Å². The topological polar surface area (TPSA) is 89.7 Å². The van der Waals surface area contributed by atoms with Crippen LogP contribution in [0.15, 0.2) is 60.7 Å². The summed E-state index contributed by atoms with van der Waals surface area (Å²) in [5, 5.41) is 0. The highest BCUT2D eigenvalue weighted by molar-refractivity contribution is 5.92. The molecule has 1 aliphatic rings. The number of halogens is 1. The molecule has 1 saturated heterocycles. The molecule has 2 aromatic rings. The third-order valence-electron chi connectivity index (χ3n) is 4.73. The predicted octanol–water partition coefficient (Wildman–Crippen LogP) is 2.40. The summed E-state index contributed by atoms with van der Waals surface area (Å²) in [7, 11) is 0. The van der Waals surface area contributed by atoms with Gasteiger partial charge in [0.1, 0.15) is 11.9 Å². The maximum atomic E-state index is 13.7. The number of nitrogens with two attached hydrogens (primary N) is 1. The number of carbonyl (C=O) groups is 3. The van der Waals surface area contributed by atoms with Crippen LogP contribution < -0.4 is 5.73 Å². The molecule has 2 atom stereocenters. The number of likely N-dealkylation sites (tertiary alicyclic amines) is 1. The van der Waals surface area contributed by atoms with E-state index in [1.165, 1.54) is 23.1 Å². The van der Waals surface area contributed by atoms with Gasteiger partial charge in [-0.15, -0.1) is 0 Å². The minimum atomic E-state index is -0.652. The monoisotopic (exact) mass is 396 g/mol. The van der Waals surface area contributed by atoms with Crippen LogP contribution in [0.25, 0.3) is 6.08 Å². The van der Waals surface area contributed by atoms with Crippen LogP contribution in [0, 0.1) is 11.7 Å². The third-order valence-corrected chi connectivity index (χ3v) is 4.73. The number of hydrogen-bond acceptors (Lipinski definition) is 4. The molecule has 0 spiro atoms. The molecule has 3 rings (SSSR count). The van der Waals surface area contributed by atoms with Crippen molar-refractivity contribution in [1.29, 1.82) is 0 Å². The fourth-order valence-corrected chi connectivity index (χ4v) is 3.27. The van der Waals surface area contributed by atoms with Crippen molar-refractivity contribution in [2.45, 2.75) is 12.5 Å². The normalized spacial score (nSPS) is 18.7. The number of benzene rings is 2. The fraction of sp³-hybridized carbons (Fsp3) is 0.227. The molecule has 0 aliphatic carbocycles. The molecule has 6 nitrogen and oxygen atoms in total. The van der Waals surface area contributed by atoms with E-state index in [4.69, 9.17) is 10.5 Å². The molecule has 0 radical (unpaired) electrons. The molecule has 0 aromatic heterocycles. The van der Waals surface area contributed by atoms with Gasteiger partial charge in [0, 0.05) is 30.5 Å². The Bertz CT molecular complexity index is 929. The van der Waals surface area contributed by atoms with Crippen molar-refractivity contribution in [2.24, 2.45) is 11.7 Å². The van der Waals surface area contributed by atoms with Gasteiger partial charge >= 0.3 is 5.97 Å². The number of amides is 2. The Kier molecular flexibility index (Phi) is 6.39. The maximum Gasteiger partial charge on any atom is 0.338 e.